The van der Waals surface area contributed by atoms with Gasteiger partial charge in [-0.3, -0.25) is 4.79 Å². The van der Waals surface area contributed by atoms with Gasteiger partial charge in [-0.15, -0.1) is 0 Å². The summed E-state index contributed by atoms with van der Waals surface area (Å²) in [5.74, 6) is -0.675. The van der Waals surface area contributed by atoms with Crippen molar-refractivity contribution in [3.8, 4) is 0 Å². The van der Waals surface area contributed by atoms with Gasteiger partial charge in [0.25, 0.3) is 0 Å². The number of rotatable bonds is 4. The van der Waals surface area contributed by atoms with Crippen molar-refractivity contribution in [3.05, 3.63) is 76.9 Å². The third-order valence-electron chi connectivity index (χ3n) is 5.97. The van der Waals surface area contributed by atoms with Gasteiger partial charge in [-0.2, -0.15) is 26.3 Å². The lowest BCUT2D eigenvalue weighted by molar-refractivity contribution is -0.145. The first-order valence-electron chi connectivity index (χ1n) is 10.2. The average molecular weight is 455 g/mol. The Labute approximate surface area is 182 Å². The summed E-state index contributed by atoms with van der Waals surface area (Å²) in [7, 11) is 0. The maximum absolute atomic E-state index is 14.2. The van der Waals surface area contributed by atoms with Gasteiger partial charge in [0.15, 0.2) is 0 Å². The number of halogens is 6. The number of alkyl halides is 6. The number of hydrogen-bond acceptors (Lipinski definition) is 1. The standard InChI is InChI=1S/C24H23F6NO/c1-3-20(32)31-17-13-18(23(25,26)27)21(19(14-17)24(28,29)30)22(11-9-15(2)10-12-22)16-7-5-4-6-8-16/h4-8,13-14H,2-3,9-12H2,1H3,(H,31,32). The number of carbonyl (C=O) groups excluding carboxylic acids is 1. The van der Waals surface area contributed by atoms with Crippen LogP contribution in [0.5, 0.6) is 0 Å². The Morgan fingerprint density at radius 2 is 1.47 bits per heavy atom. The maximum Gasteiger partial charge on any atom is 0.416 e. The van der Waals surface area contributed by atoms with E-state index in [1.165, 1.54) is 6.92 Å². The Balaban J connectivity index is 2.40. The molecule has 1 saturated carbocycles. The van der Waals surface area contributed by atoms with E-state index >= 15 is 0 Å². The van der Waals surface area contributed by atoms with Crippen molar-refractivity contribution in [2.45, 2.75) is 56.8 Å². The maximum atomic E-state index is 14.2. The summed E-state index contributed by atoms with van der Waals surface area (Å²) in [4.78, 5) is 11.7. The molecular weight excluding hydrogens is 432 g/mol. The third kappa shape index (κ3) is 4.69. The normalized spacial score (nSPS) is 16.7. The summed E-state index contributed by atoms with van der Waals surface area (Å²) < 4.78 is 85.4. The number of anilines is 1. The minimum absolute atomic E-state index is 0.0721. The van der Waals surface area contributed by atoms with Crippen molar-refractivity contribution in [1.29, 1.82) is 0 Å². The molecule has 8 heteroatoms. The molecule has 0 aliphatic heterocycles. The Bertz CT molecular complexity index is 962. The zero-order chi connectivity index (χ0) is 23.7. The molecule has 1 amide bonds. The minimum Gasteiger partial charge on any atom is -0.326 e. The van der Waals surface area contributed by atoms with Crippen LogP contribution in [0.15, 0.2) is 54.6 Å². The molecule has 1 fully saturated rings. The molecule has 1 aliphatic rings. The smallest absolute Gasteiger partial charge is 0.326 e. The van der Waals surface area contributed by atoms with Crippen LogP contribution < -0.4 is 5.32 Å². The van der Waals surface area contributed by atoms with E-state index in [0.29, 0.717) is 30.5 Å². The Hall–Kier alpha value is -2.77. The van der Waals surface area contributed by atoms with Gasteiger partial charge in [0, 0.05) is 17.5 Å². The van der Waals surface area contributed by atoms with Crippen molar-refractivity contribution in [1.82, 2.24) is 0 Å². The van der Waals surface area contributed by atoms with E-state index in [4.69, 9.17) is 0 Å². The fraction of sp³-hybridized carbons (Fsp3) is 0.375. The largest absolute Gasteiger partial charge is 0.416 e. The lowest BCUT2D eigenvalue weighted by Crippen LogP contribution is -2.36. The molecule has 0 radical (unpaired) electrons. The summed E-state index contributed by atoms with van der Waals surface area (Å²) in [6, 6.07) is 9.26. The molecule has 172 valence electrons. The van der Waals surface area contributed by atoms with Crippen molar-refractivity contribution in [3.63, 3.8) is 0 Å². The van der Waals surface area contributed by atoms with Crippen LogP contribution in [-0.2, 0) is 22.6 Å². The highest BCUT2D eigenvalue weighted by Gasteiger charge is 2.50. The number of carbonyl (C=O) groups is 1. The van der Waals surface area contributed by atoms with E-state index in [0.717, 1.165) is 5.57 Å². The summed E-state index contributed by atoms with van der Waals surface area (Å²) in [5.41, 5.74) is -4.37. The highest BCUT2D eigenvalue weighted by molar-refractivity contribution is 5.90. The molecule has 2 aromatic rings. The summed E-state index contributed by atoms with van der Waals surface area (Å²) in [6.07, 6.45) is -9.42. The fourth-order valence-electron chi connectivity index (χ4n) is 4.40. The van der Waals surface area contributed by atoms with Crippen molar-refractivity contribution in [2.75, 3.05) is 5.32 Å². The lowest BCUT2D eigenvalue weighted by Gasteiger charge is -2.42. The summed E-state index contributed by atoms with van der Waals surface area (Å²) >= 11 is 0. The van der Waals surface area contributed by atoms with E-state index in [1.807, 2.05) is 0 Å². The molecule has 0 aromatic heterocycles. The van der Waals surface area contributed by atoms with Gasteiger partial charge in [-0.25, -0.2) is 0 Å². The van der Waals surface area contributed by atoms with Crippen molar-refractivity contribution < 1.29 is 31.1 Å². The van der Waals surface area contributed by atoms with Crippen LogP contribution >= 0.6 is 0 Å². The molecule has 3 rings (SSSR count). The predicted octanol–water partition coefficient (Wildman–Crippen LogP) is 7.49. The SMILES string of the molecule is C=C1CCC(c2ccccc2)(c2c(C(F)(F)F)cc(NC(=O)CC)cc2C(F)(F)F)CC1. The zero-order valence-electron chi connectivity index (χ0n) is 17.5. The second-order valence-corrected chi connectivity index (χ2v) is 8.04. The Kier molecular flexibility index (Phi) is 6.45. The second kappa shape index (κ2) is 8.64. The van der Waals surface area contributed by atoms with Crippen LogP contribution in [0.2, 0.25) is 0 Å². The molecule has 0 unspecified atom stereocenters. The van der Waals surface area contributed by atoms with E-state index in [2.05, 4.69) is 11.9 Å². The molecule has 0 saturated heterocycles. The Morgan fingerprint density at radius 1 is 0.969 bits per heavy atom. The monoisotopic (exact) mass is 455 g/mol. The number of benzene rings is 2. The highest BCUT2D eigenvalue weighted by atomic mass is 19.4. The van der Waals surface area contributed by atoms with Gasteiger partial charge in [-0.05, 0) is 48.9 Å². The number of amides is 1. The fourth-order valence-corrected chi connectivity index (χ4v) is 4.40. The molecule has 2 aromatic carbocycles. The molecular formula is C24H23F6NO. The number of nitrogens with one attached hydrogen (secondary N) is 1. The van der Waals surface area contributed by atoms with Crippen molar-refractivity contribution in [2.24, 2.45) is 0 Å². The van der Waals surface area contributed by atoms with Gasteiger partial charge in [0.05, 0.1) is 11.1 Å². The van der Waals surface area contributed by atoms with Gasteiger partial charge in [0.1, 0.15) is 0 Å². The summed E-state index contributed by atoms with van der Waals surface area (Å²) in [6.45, 7) is 5.33. The molecule has 0 bridgehead atoms. The lowest BCUT2D eigenvalue weighted by atomic mass is 9.62. The van der Waals surface area contributed by atoms with Crippen LogP contribution in [0.1, 0.15) is 61.3 Å². The van der Waals surface area contributed by atoms with Gasteiger partial charge >= 0.3 is 12.4 Å². The first-order chi connectivity index (χ1) is 14.9. The molecule has 32 heavy (non-hydrogen) atoms. The highest BCUT2D eigenvalue weighted by Crippen LogP contribution is 2.54. The molecule has 0 heterocycles. The minimum atomic E-state index is -5.06. The molecule has 2 nitrogen and oxygen atoms in total. The quantitative estimate of drug-likeness (QED) is 0.376. The van der Waals surface area contributed by atoms with Gasteiger partial charge in [0.2, 0.25) is 5.91 Å². The van der Waals surface area contributed by atoms with Crippen LogP contribution in [-0.4, -0.2) is 5.91 Å². The van der Waals surface area contributed by atoms with Gasteiger partial charge < -0.3 is 5.32 Å². The van der Waals surface area contributed by atoms with E-state index < -0.39 is 46.1 Å². The van der Waals surface area contributed by atoms with Crippen LogP contribution in [0.25, 0.3) is 0 Å². The molecule has 0 atom stereocenters. The Morgan fingerprint density at radius 3 is 1.91 bits per heavy atom. The first kappa shape index (κ1) is 23.9. The van der Waals surface area contributed by atoms with Crippen molar-refractivity contribution >= 4 is 11.6 Å². The number of allylic oxidation sites excluding steroid dienone is 1. The van der Waals surface area contributed by atoms with E-state index in [-0.39, 0.29) is 19.3 Å². The average Bonchev–Trinajstić information content (AvgIpc) is 2.73. The third-order valence-corrected chi connectivity index (χ3v) is 5.97. The van der Waals surface area contributed by atoms with Gasteiger partial charge in [-0.1, -0.05) is 49.4 Å². The first-order valence-corrected chi connectivity index (χ1v) is 10.2. The van der Waals surface area contributed by atoms with E-state index in [9.17, 15) is 31.1 Å². The number of hydrogen-bond donors (Lipinski definition) is 1. The van der Waals surface area contributed by atoms with Crippen LogP contribution in [0.3, 0.4) is 0 Å². The van der Waals surface area contributed by atoms with Crippen LogP contribution in [0.4, 0.5) is 32.0 Å². The topological polar surface area (TPSA) is 29.1 Å². The zero-order valence-corrected chi connectivity index (χ0v) is 17.5. The predicted molar refractivity (Wildman–Crippen MR) is 110 cm³/mol. The second-order valence-electron chi connectivity index (χ2n) is 8.04. The van der Waals surface area contributed by atoms with Crippen LogP contribution in [0, 0.1) is 0 Å². The van der Waals surface area contributed by atoms with E-state index in [1.54, 1.807) is 30.3 Å². The molecule has 1 aliphatic carbocycles. The summed E-state index contributed by atoms with van der Waals surface area (Å²) in [5, 5.41) is 2.15. The molecule has 0 spiro atoms. The molecule has 1 N–H and O–H groups in total.